The second kappa shape index (κ2) is 7.88. The Kier molecular flexibility index (Phi) is 5.85. The summed E-state index contributed by atoms with van der Waals surface area (Å²) < 4.78 is 26.5. The molecule has 0 saturated carbocycles. The van der Waals surface area contributed by atoms with Crippen LogP contribution in [0, 0.1) is 25.5 Å². The topological polar surface area (TPSA) is 66.4 Å². The number of carbonyl (C=O) groups excluding carboxylic acids is 1. The number of aryl methyl sites for hydroxylation is 2. The van der Waals surface area contributed by atoms with Gasteiger partial charge in [0.2, 0.25) is 5.91 Å². The summed E-state index contributed by atoms with van der Waals surface area (Å²) in [6.07, 6.45) is -0.228. The number of benzene rings is 2. The molecule has 4 nitrogen and oxygen atoms in total. The Labute approximate surface area is 144 Å². The van der Waals surface area contributed by atoms with E-state index in [0.29, 0.717) is 6.07 Å². The van der Waals surface area contributed by atoms with E-state index in [4.69, 9.17) is 0 Å². The van der Waals surface area contributed by atoms with Crippen molar-refractivity contribution < 1.29 is 23.5 Å². The lowest BCUT2D eigenvalue weighted by atomic mass is 9.96. The van der Waals surface area contributed by atoms with Gasteiger partial charge in [0.1, 0.15) is 17.7 Å². The molecular formula is C19H19F2NO3. The molecule has 0 unspecified atom stereocenters. The maximum Gasteiger partial charge on any atom is 0.326 e. The zero-order chi connectivity index (χ0) is 18.6. The van der Waals surface area contributed by atoms with Gasteiger partial charge >= 0.3 is 5.97 Å². The van der Waals surface area contributed by atoms with E-state index in [1.165, 1.54) is 6.07 Å². The summed E-state index contributed by atoms with van der Waals surface area (Å²) in [5, 5.41) is 11.8. The first-order valence-corrected chi connectivity index (χ1v) is 7.79. The van der Waals surface area contributed by atoms with Crippen LogP contribution < -0.4 is 5.32 Å². The third kappa shape index (κ3) is 4.86. The first-order valence-electron chi connectivity index (χ1n) is 7.79. The monoisotopic (exact) mass is 347 g/mol. The number of rotatable bonds is 6. The highest BCUT2D eigenvalue weighted by Gasteiger charge is 2.22. The minimum Gasteiger partial charge on any atom is -0.480 e. The quantitative estimate of drug-likeness (QED) is 0.844. The van der Waals surface area contributed by atoms with Crippen LogP contribution in [-0.2, 0) is 22.4 Å². The van der Waals surface area contributed by atoms with Gasteiger partial charge in [0.25, 0.3) is 0 Å². The minimum absolute atomic E-state index is 0.00936. The Balaban J connectivity index is 2.11. The molecule has 2 N–H and O–H groups in total. The Morgan fingerprint density at radius 2 is 1.76 bits per heavy atom. The first kappa shape index (κ1) is 18.6. The third-order valence-electron chi connectivity index (χ3n) is 4.05. The highest BCUT2D eigenvalue weighted by molar-refractivity contribution is 5.85. The van der Waals surface area contributed by atoms with Gasteiger partial charge in [-0.3, -0.25) is 4.79 Å². The van der Waals surface area contributed by atoms with E-state index >= 15 is 0 Å². The second-order valence-corrected chi connectivity index (χ2v) is 5.95. The minimum atomic E-state index is -1.17. The van der Waals surface area contributed by atoms with Crippen LogP contribution in [0.5, 0.6) is 0 Å². The van der Waals surface area contributed by atoms with Gasteiger partial charge in [-0.05, 0) is 42.2 Å². The summed E-state index contributed by atoms with van der Waals surface area (Å²) in [6.45, 7) is 3.74. The lowest BCUT2D eigenvalue weighted by molar-refractivity contribution is -0.141. The van der Waals surface area contributed by atoms with Crippen molar-refractivity contribution in [2.75, 3.05) is 0 Å². The molecule has 0 aliphatic rings. The molecule has 0 radical (unpaired) electrons. The van der Waals surface area contributed by atoms with Gasteiger partial charge in [0, 0.05) is 12.5 Å². The van der Waals surface area contributed by atoms with E-state index in [0.717, 1.165) is 22.8 Å². The highest BCUT2D eigenvalue weighted by atomic mass is 19.1. The van der Waals surface area contributed by atoms with Gasteiger partial charge in [-0.25, -0.2) is 13.6 Å². The molecule has 0 spiro atoms. The molecule has 1 atom stereocenters. The van der Waals surface area contributed by atoms with Gasteiger partial charge in [0.05, 0.1) is 6.42 Å². The molecule has 6 heteroatoms. The molecule has 2 rings (SSSR count). The maximum atomic E-state index is 13.6. The van der Waals surface area contributed by atoms with Crippen molar-refractivity contribution in [2.24, 2.45) is 0 Å². The van der Waals surface area contributed by atoms with Gasteiger partial charge in [-0.15, -0.1) is 0 Å². The summed E-state index contributed by atoms with van der Waals surface area (Å²) in [6, 6.07) is 7.40. The van der Waals surface area contributed by atoms with Crippen molar-refractivity contribution in [3.8, 4) is 0 Å². The Hall–Kier alpha value is -2.76. The normalized spacial score (nSPS) is 11.8. The predicted molar refractivity (Wildman–Crippen MR) is 89.2 cm³/mol. The van der Waals surface area contributed by atoms with Crippen molar-refractivity contribution in [3.63, 3.8) is 0 Å². The highest BCUT2D eigenvalue weighted by Crippen LogP contribution is 2.16. The maximum absolute atomic E-state index is 13.6. The molecule has 25 heavy (non-hydrogen) atoms. The number of carboxylic acid groups (broad SMARTS) is 1. The van der Waals surface area contributed by atoms with E-state index in [-0.39, 0.29) is 18.4 Å². The van der Waals surface area contributed by atoms with E-state index < -0.39 is 29.6 Å². The Bertz CT molecular complexity index is 785. The van der Waals surface area contributed by atoms with Crippen LogP contribution in [0.3, 0.4) is 0 Å². The Morgan fingerprint density at radius 3 is 2.32 bits per heavy atom. The fraction of sp³-hybridized carbons (Fsp3) is 0.263. The molecule has 0 saturated heterocycles. The second-order valence-electron chi connectivity index (χ2n) is 5.95. The molecule has 0 aromatic heterocycles. The van der Waals surface area contributed by atoms with Gasteiger partial charge in [-0.2, -0.15) is 0 Å². The van der Waals surface area contributed by atoms with E-state index in [2.05, 4.69) is 5.32 Å². The van der Waals surface area contributed by atoms with Crippen molar-refractivity contribution in [2.45, 2.75) is 32.7 Å². The van der Waals surface area contributed by atoms with E-state index in [1.54, 1.807) is 0 Å². The fourth-order valence-electron chi connectivity index (χ4n) is 2.66. The Morgan fingerprint density at radius 1 is 1.12 bits per heavy atom. The number of hydrogen-bond donors (Lipinski definition) is 2. The lowest BCUT2D eigenvalue weighted by Crippen LogP contribution is -2.43. The standard InChI is InChI=1S/C19H19F2NO3/c1-11-4-3-5-12(2)15(11)10-17(19(24)25)22-18(23)8-13-6-7-14(20)9-16(13)21/h3-7,9,17H,8,10H2,1-2H3,(H,22,23)(H,24,25)/t17-/m1/s1. The summed E-state index contributed by atoms with van der Waals surface area (Å²) in [7, 11) is 0. The van der Waals surface area contributed by atoms with Crippen LogP contribution in [0.15, 0.2) is 36.4 Å². The SMILES string of the molecule is Cc1cccc(C)c1C[C@@H](NC(=O)Cc1ccc(F)cc1F)C(=O)O. The van der Waals surface area contributed by atoms with Crippen LogP contribution in [0.4, 0.5) is 8.78 Å². The predicted octanol–water partition coefficient (Wildman–Crippen LogP) is 2.94. The lowest BCUT2D eigenvalue weighted by Gasteiger charge is -2.17. The van der Waals surface area contributed by atoms with Crippen molar-refractivity contribution in [1.29, 1.82) is 0 Å². The van der Waals surface area contributed by atoms with Crippen LogP contribution >= 0.6 is 0 Å². The number of amides is 1. The zero-order valence-electron chi connectivity index (χ0n) is 14.0. The van der Waals surface area contributed by atoms with Gasteiger partial charge < -0.3 is 10.4 Å². The van der Waals surface area contributed by atoms with Crippen LogP contribution in [0.1, 0.15) is 22.3 Å². The molecule has 2 aromatic rings. The van der Waals surface area contributed by atoms with Gasteiger partial charge in [0.15, 0.2) is 0 Å². The average molecular weight is 347 g/mol. The smallest absolute Gasteiger partial charge is 0.326 e. The number of carbonyl (C=O) groups is 2. The molecule has 0 fully saturated rings. The van der Waals surface area contributed by atoms with Crippen LogP contribution in [0.2, 0.25) is 0 Å². The summed E-state index contributed by atoms with van der Waals surface area (Å²) in [4.78, 5) is 23.6. The average Bonchev–Trinajstić information content (AvgIpc) is 2.52. The molecule has 132 valence electrons. The first-order chi connectivity index (χ1) is 11.8. The largest absolute Gasteiger partial charge is 0.480 e. The number of aliphatic carboxylic acids is 1. The zero-order valence-corrected chi connectivity index (χ0v) is 14.0. The molecule has 0 heterocycles. The summed E-state index contributed by atoms with van der Waals surface area (Å²) in [5.41, 5.74) is 2.73. The number of nitrogens with one attached hydrogen (secondary N) is 1. The molecule has 0 aliphatic carbocycles. The van der Waals surface area contributed by atoms with E-state index in [9.17, 15) is 23.5 Å². The van der Waals surface area contributed by atoms with Crippen molar-refractivity contribution >= 4 is 11.9 Å². The molecule has 0 bridgehead atoms. The molecule has 1 amide bonds. The molecular weight excluding hydrogens is 328 g/mol. The van der Waals surface area contributed by atoms with E-state index in [1.807, 2.05) is 32.0 Å². The third-order valence-corrected chi connectivity index (χ3v) is 4.05. The van der Waals surface area contributed by atoms with Crippen LogP contribution in [0.25, 0.3) is 0 Å². The van der Waals surface area contributed by atoms with Crippen molar-refractivity contribution in [1.82, 2.24) is 5.32 Å². The molecule has 2 aromatic carbocycles. The van der Waals surface area contributed by atoms with Crippen LogP contribution in [-0.4, -0.2) is 23.0 Å². The number of carboxylic acids is 1. The van der Waals surface area contributed by atoms with Gasteiger partial charge in [-0.1, -0.05) is 24.3 Å². The molecule has 0 aliphatic heterocycles. The van der Waals surface area contributed by atoms with Crippen molar-refractivity contribution in [3.05, 3.63) is 70.3 Å². The summed E-state index contributed by atoms with van der Waals surface area (Å²) >= 11 is 0. The number of halogens is 2. The number of hydrogen-bond acceptors (Lipinski definition) is 2. The fourth-order valence-corrected chi connectivity index (χ4v) is 2.66. The summed E-state index contributed by atoms with van der Waals surface area (Å²) in [5.74, 6) is -3.38.